The molecule has 0 unspecified atom stereocenters. The van der Waals surface area contributed by atoms with Gasteiger partial charge in [-0.3, -0.25) is 19.7 Å². The minimum absolute atomic E-state index is 0.0893. The van der Waals surface area contributed by atoms with E-state index in [1.807, 2.05) is 0 Å². The molecular weight excluding hydrogens is 392 g/mol. The molecule has 30 heavy (non-hydrogen) atoms. The summed E-state index contributed by atoms with van der Waals surface area (Å²) in [6, 6.07) is 14.0. The maximum atomic E-state index is 12.3. The molecule has 10 nitrogen and oxygen atoms in total. The van der Waals surface area contributed by atoms with Crippen LogP contribution in [0.3, 0.4) is 0 Å². The molecule has 0 spiro atoms. The predicted molar refractivity (Wildman–Crippen MR) is 105 cm³/mol. The average molecular weight is 408 g/mol. The summed E-state index contributed by atoms with van der Waals surface area (Å²) >= 11 is 0. The van der Waals surface area contributed by atoms with Gasteiger partial charge in [-0.15, -0.1) is 0 Å². The lowest BCUT2D eigenvalue weighted by Crippen LogP contribution is -2.33. The highest BCUT2D eigenvalue weighted by Gasteiger charge is 2.14. The molecule has 0 saturated carbocycles. The topological polar surface area (TPSA) is 126 Å². The van der Waals surface area contributed by atoms with Crippen molar-refractivity contribution in [3.63, 3.8) is 0 Å². The van der Waals surface area contributed by atoms with Crippen LogP contribution >= 0.6 is 0 Å². The van der Waals surface area contributed by atoms with Crippen LogP contribution in [0, 0.1) is 10.1 Å². The molecule has 0 atom stereocenters. The van der Waals surface area contributed by atoms with Crippen LogP contribution in [0.5, 0.6) is 11.5 Å². The van der Waals surface area contributed by atoms with Gasteiger partial charge in [0.05, 0.1) is 10.6 Å². The molecule has 1 aromatic heterocycles. The number of nitro groups is 1. The van der Waals surface area contributed by atoms with Crippen LogP contribution in [-0.2, 0) is 17.9 Å². The van der Waals surface area contributed by atoms with Gasteiger partial charge in [0.15, 0.2) is 11.5 Å². The zero-order chi connectivity index (χ0) is 21.1. The monoisotopic (exact) mass is 408 g/mol. The first-order valence-corrected chi connectivity index (χ1v) is 8.98. The standard InChI is InChI=1S/C20H16N4O6/c25-19(21-10-13-4-6-17-18(8-13)30-12-29-17)11-23-20(26)7-5-16(22-23)14-2-1-3-15(9-14)24(27)28/h1-9H,10-12H2,(H,21,25). The summed E-state index contributed by atoms with van der Waals surface area (Å²) in [7, 11) is 0. The van der Waals surface area contributed by atoms with E-state index in [1.165, 1.54) is 30.3 Å². The highest BCUT2D eigenvalue weighted by Crippen LogP contribution is 2.32. The number of nitrogens with zero attached hydrogens (tertiary/aromatic N) is 3. The Kier molecular flexibility index (Phi) is 5.12. The van der Waals surface area contributed by atoms with Crippen LogP contribution in [0.2, 0.25) is 0 Å². The summed E-state index contributed by atoms with van der Waals surface area (Å²) < 4.78 is 11.6. The van der Waals surface area contributed by atoms with Gasteiger partial charge in [-0.2, -0.15) is 5.10 Å². The first kappa shape index (κ1) is 19.1. The van der Waals surface area contributed by atoms with Gasteiger partial charge in [0, 0.05) is 30.3 Å². The number of carbonyl (C=O) groups is 1. The predicted octanol–water partition coefficient (Wildman–Crippen LogP) is 1.86. The van der Waals surface area contributed by atoms with Gasteiger partial charge in [-0.05, 0) is 23.8 Å². The lowest BCUT2D eigenvalue weighted by Gasteiger charge is -2.09. The third-order valence-electron chi connectivity index (χ3n) is 4.44. The molecule has 2 heterocycles. The molecule has 0 radical (unpaired) electrons. The van der Waals surface area contributed by atoms with Crippen molar-refractivity contribution in [1.29, 1.82) is 0 Å². The average Bonchev–Trinajstić information content (AvgIpc) is 3.22. The van der Waals surface area contributed by atoms with Crippen molar-refractivity contribution in [2.75, 3.05) is 6.79 Å². The molecule has 2 aromatic carbocycles. The van der Waals surface area contributed by atoms with E-state index in [2.05, 4.69) is 10.4 Å². The molecule has 0 bridgehead atoms. The van der Waals surface area contributed by atoms with E-state index in [9.17, 15) is 19.7 Å². The molecule has 152 valence electrons. The van der Waals surface area contributed by atoms with Crippen molar-refractivity contribution in [3.05, 3.63) is 80.6 Å². The van der Waals surface area contributed by atoms with E-state index >= 15 is 0 Å². The molecule has 0 saturated heterocycles. The Balaban J connectivity index is 1.45. The fourth-order valence-electron chi connectivity index (χ4n) is 2.94. The summed E-state index contributed by atoms with van der Waals surface area (Å²) in [5.41, 5.74) is 1.09. The van der Waals surface area contributed by atoms with Crippen LogP contribution in [0.4, 0.5) is 5.69 Å². The van der Waals surface area contributed by atoms with Crippen molar-refractivity contribution in [1.82, 2.24) is 15.1 Å². The number of rotatable bonds is 6. The fraction of sp³-hybridized carbons (Fsp3) is 0.150. The Morgan fingerprint density at radius 3 is 2.80 bits per heavy atom. The summed E-state index contributed by atoms with van der Waals surface area (Å²) in [6.07, 6.45) is 0. The quantitative estimate of drug-likeness (QED) is 0.487. The molecule has 1 amide bonds. The van der Waals surface area contributed by atoms with E-state index in [0.717, 1.165) is 10.2 Å². The number of aromatic nitrogens is 2. The summed E-state index contributed by atoms with van der Waals surface area (Å²) in [4.78, 5) is 34.9. The SMILES string of the molecule is O=C(Cn1nc(-c2cccc([N+](=O)[O-])c2)ccc1=O)NCc1ccc2c(c1)OCO2. The van der Waals surface area contributed by atoms with E-state index < -0.39 is 16.4 Å². The van der Waals surface area contributed by atoms with Gasteiger partial charge in [0.1, 0.15) is 6.54 Å². The van der Waals surface area contributed by atoms with E-state index in [1.54, 1.807) is 24.3 Å². The molecule has 1 aliphatic heterocycles. The second-order valence-electron chi connectivity index (χ2n) is 6.49. The number of hydrogen-bond donors (Lipinski definition) is 1. The smallest absolute Gasteiger partial charge is 0.270 e. The van der Waals surface area contributed by atoms with Crippen LogP contribution in [0.1, 0.15) is 5.56 Å². The molecule has 0 aliphatic carbocycles. The molecular formula is C20H16N4O6. The number of benzene rings is 2. The number of nitro benzene ring substituents is 1. The Bertz CT molecular complexity index is 1190. The Labute approximate surface area is 169 Å². The van der Waals surface area contributed by atoms with E-state index in [-0.39, 0.29) is 25.6 Å². The van der Waals surface area contributed by atoms with Gasteiger partial charge in [-0.25, -0.2) is 4.68 Å². The van der Waals surface area contributed by atoms with Crippen LogP contribution in [-0.4, -0.2) is 27.4 Å². The number of carbonyl (C=O) groups excluding carboxylic acids is 1. The fourth-order valence-corrected chi connectivity index (χ4v) is 2.94. The van der Waals surface area contributed by atoms with Gasteiger partial charge < -0.3 is 14.8 Å². The summed E-state index contributed by atoms with van der Waals surface area (Å²) in [6.45, 7) is 0.127. The molecule has 1 aliphatic rings. The Morgan fingerprint density at radius 1 is 1.13 bits per heavy atom. The third kappa shape index (κ3) is 4.12. The molecule has 0 fully saturated rings. The highest BCUT2D eigenvalue weighted by atomic mass is 16.7. The molecule has 10 heteroatoms. The number of fused-ring (bicyclic) bond motifs is 1. The molecule has 1 N–H and O–H groups in total. The number of hydrogen-bond acceptors (Lipinski definition) is 7. The number of amides is 1. The summed E-state index contributed by atoms with van der Waals surface area (Å²) in [5, 5.41) is 17.9. The van der Waals surface area contributed by atoms with Crippen molar-refractivity contribution >= 4 is 11.6 Å². The van der Waals surface area contributed by atoms with Crippen molar-refractivity contribution < 1.29 is 19.2 Å². The molecule has 4 rings (SSSR count). The Morgan fingerprint density at radius 2 is 1.97 bits per heavy atom. The lowest BCUT2D eigenvalue weighted by atomic mass is 10.1. The van der Waals surface area contributed by atoms with Crippen LogP contribution in [0.25, 0.3) is 11.3 Å². The number of nitrogens with one attached hydrogen (secondary N) is 1. The van der Waals surface area contributed by atoms with Crippen molar-refractivity contribution in [2.45, 2.75) is 13.1 Å². The van der Waals surface area contributed by atoms with Crippen molar-refractivity contribution in [3.8, 4) is 22.8 Å². The van der Waals surface area contributed by atoms with Gasteiger partial charge >= 0.3 is 0 Å². The maximum Gasteiger partial charge on any atom is 0.270 e. The Hall–Kier alpha value is -4.21. The second-order valence-corrected chi connectivity index (χ2v) is 6.49. The molecule has 3 aromatic rings. The summed E-state index contributed by atoms with van der Waals surface area (Å²) in [5.74, 6) is 0.863. The number of non-ortho nitro benzene ring substituents is 1. The normalized spacial score (nSPS) is 11.9. The first-order chi connectivity index (χ1) is 14.5. The van der Waals surface area contributed by atoms with E-state index in [0.29, 0.717) is 22.8 Å². The van der Waals surface area contributed by atoms with Gasteiger partial charge in [0.25, 0.3) is 11.2 Å². The largest absolute Gasteiger partial charge is 0.454 e. The zero-order valence-electron chi connectivity index (χ0n) is 15.6. The maximum absolute atomic E-state index is 12.3. The van der Waals surface area contributed by atoms with Crippen LogP contribution < -0.4 is 20.3 Å². The third-order valence-corrected chi connectivity index (χ3v) is 4.44. The zero-order valence-corrected chi connectivity index (χ0v) is 15.6. The minimum Gasteiger partial charge on any atom is -0.454 e. The highest BCUT2D eigenvalue weighted by molar-refractivity contribution is 5.75. The van der Waals surface area contributed by atoms with Crippen molar-refractivity contribution in [2.24, 2.45) is 0 Å². The second kappa shape index (κ2) is 8.03. The lowest BCUT2D eigenvalue weighted by molar-refractivity contribution is -0.384. The first-order valence-electron chi connectivity index (χ1n) is 8.98. The minimum atomic E-state index is -0.511. The number of ether oxygens (including phenoxy) is 2. The van der Waals surface area contributed by atoms with E-state index in [4.69, 9.17) is 9.47 Å². The van der Waals surface area contributed by atoms with Crippen LogP contribution in [0.15, 0.2) is 59.4 Å². The van der Waals surface area contributed by atoms with Gasteiger partial charge in [-0.1, -0.05) is 18.2 Å². The van der Waals surface area contributed by atoms with Gasteiger partial charge in [0.2, 0.25) is 12.7 Å².